The normalized spacial score (nSPS) is 13.2. The molecular weight excluding hydrogens is 194 g/mol. The van der Waals surface area contributed by atoms with Gasteiger partial charge < -0.3 is 4.90 Å². The number of carbonyl (C=O) groups is 1. The number of nitrogens with zero attached hydrogens (tertiary/aromatic N) is 1. The summed E-state index contributed by atoms with van der Waals surface area (Å²) in [7, 11) is 3.98. The number of thiophene rings is 1. The first-order valence-electron chi connectivity index (χ1n) is 4.76. The monoisotopic (exact) mass is 211 g/mol. The summed E-state index contributed by atoms with van der Waals surface area (Å²) in [5.74, 6) is 0.347. The predicted molar refractivity (Wildman–Crippen MR) is 61.1 cm³/mol. The lowest BCUT2D eigenvalue weighted by molar-refractivity contribution is 0.0914. The second kappa shape index (κ2) is 4.71. The first kappa shape index (κ1) is 11.4. The van der Waals surface area contributed by atoms with Crippen molar-refractivity contribution in [3.05, 3.63) is 21.9 Å². The molecule has 1 rings (SSSR count). The van der Waals surface area contributed by atoms with Crippen molar-refractivity contribution in [2.75, 3.05) is 20.6 Å². The van der Waals surface area contributed by atoms with Crippen LogP contribution in [0.15, 0.2) is 12.1 Å². The Kier molecular flexibility index (Phi) is 3.84. The van der Waals surface area contributed by atoms with E-state index in [0.29, 0.717) is 0 Å². The van der Waals surface area contributed by atoms with Gasteiger partial charge in [-0.05, 0) is 33.2 Å². The van der Waals surface area contributed by atoms with Gasteiger partial charge in [0, 0.05) is 17.3 Å². The lowest BCUT2D eigenvalue weighted by Gasteiger charge is -2.14. The molecule has 0 aliphatic carbocycles. The molecular formula is C11H17NOS. The number of hydrogen-bond acceptors (Lipinski definition) is 3. The van der Waals surface area contributed by atoms with Crippen LogP contribution >= 0.6 is 11.3 Å². The fourth-order valence-corrected chi connectivity index (χ4v) is 2.36. The van der Waals surface area contributed by atoms with Crippen molar-refractivity contribution in [3.8, 4) is 0 Å². The minimum Gasteiger partial charge on any atom is -0.309 e. The number of hydrogen-bond donors (Lipinski definition) is 0. The summed E-state index contributed by atoms with van der Waals surface area (Å²) in [4.78, 5) is 16.0. The molecule has 0 unspecified atom stereocenters. The fourth-order valence-electron chi connectivity index (χ4n) is 1.44. The molecule has 0 fully saturated rings. The molecule has 0 saturated heterocycles. The number of Topliss-reactive ketones (excluding diaryl/α,β-unsaturated/α-hetero) is 1. The third-order valence-corrected chi connectivity index (χ3v) is 3.09. The van der Waals surface area contributed by atoms with E-state index >= 15 is 0 Å². The molecule has 0 aromatic carbocycles. The third kappa shape index (κ3) is 2.93. The van der Waals surface area contributed by atoms with E-state index in [-0.39, 0.29) is 11.7 Å². The van der Waals surface area contributed by atoms with E-state index in [1.165, 1.54) is 4.88 Å². The quantitative estimate of drug-likeness (QED) is 0.713. The molecule has 0 N–H and O–H groups in total. The molecule has 1 atom stereocenters. The maximum Gasteiger partial charge on any atom is 0.176 e. The van der Waals surface area contributed by atoms with Gasteiger partial charge in [-0.25, -0.2) is 0 Å². The van der Waals surface area contributed by atoms with Gasteiger partial charge in [0.15, 0.2) is 5.78 Å². The fraction of sp³-hybridized carbons (Fsp3) is 0.545. The Balaban J connectivity index is 2.65. The van der Waals surface area contributed by atoms with Crippen LogP contribution in [0.1, 0.15) is 21.5 Å². The SMILES string of the molecule is Cc1ccc(C(=O)[C@@H](C)CN(C)C)s1. The Bertz CT molecular complexity index is 317. The Labute approximate surface area is 89.5 Å². The molecule has 0 amide bonds. The van der Waals surface area contributed by atoms with Crippen molar-refractivity contribution in [1.29, 1.82) is 0 Å². The Morgan fingerprint density at radius 3 is 2.57 bits per heavy atom. The summed E-state index contributed by atoms with van der Waals surface area (Å²) in [6.45, 7) is 4.82. The van der Waals surface area contributed by atoms with Crippen molar-refractivity contribution < 1.29 is 4.79 Å². The molecule has 1 aromatic heterocycles. The Morgan fingerprint density at radius 2 is 2.14 bits per heavy atom. The van der Waals surface area contributed by atoms with E-state index in [0.717, 1.165) is 11.4 Å². The van der Waals surface area contributed by atoms with Gasteiger partial charge in [-0.3, -0.25) is 4.79 Å². The molecule has 0 aliphatic rings. The van der Waals surface area contributed by atoms with Crippen LogP contribution in [0.2, 0.25) is 0 Å². The predicted octanol–water partition coefficient (Wildman–Crippen LogP) is 2.44. The van der Waals surface area contributed by atoms with Crippen molar-refractivity contribution in [2.24, 2.45) is 5.92 Å². The van der Waals surface area contributed by atoms with Crippen molar-refractivity contribution in [1.82, 2.24) is 4.90 Å². The maximum absolute atomic E-state index is 11.9. The molecule has 0 spiro atoms. The van der Waals surface area contributed by atoms with Gasteiger partial charge in [-0.1, -0.05) is 6.92 Å². The number of aryl methyl sites for hydroxylation is 1. The first-order valence-corrected chi connectivity index (χ1v) is 5.57. The zero-order valence-corrected chi connectivity index (χ0v) is 10.0. The third-order valence-electron chi connectivity index (χ3n) is 2.07. The highest BCUT2D eigenvalue weighted by atomic mass is 32.1. The van der Waals surface area contributed by atoms with Gasteiger partial charge in [-0.2, -0.15) is 0 Å². The van der Waals surface area contributed by atoms with Crippen LogP contribution in [0.25, 0.3) is 0 Å². The largest absolute Gasteiger partial charge is 0.309 e. The highest BCUT2D eigenvalue weighted by molar-refractivity contribution is 7.14. The summed E-state index contributed by atoms with van der Waals surface area (Å²) in [6.07, 6.45) is 0. The lowest BCUT2D eigenvalue weighted by Crippen LogP contribution is -2.25. The van der Waals surface area contributed by atoms with E-state index < -0.39 is 0 Å². The molecule has 0 aliphatic heterocycles. The van der Waals surface area contributed by atoms with Gasteiger partial charge in [0.25, 0.3) is 0 Å². The molecule has 14 heavy (non-hydrogen) atoms. The van der Waals surface area contributed by atoms with E-state index in [1.54, 1.807) is 11.3 Å². The summed E-state index contributed by atoms with van der Waals surface area (Å²) >= 11 is 1.58. The van der Waals surface area contributed by atoms with Crippen LogP contribution < -0.4 is 0 Å². The zero-order valence-electron chi connectivity index (χ0n) is 9.20. The minimum absolute atomic E-state index is 0.0862. The standard InChI is InChI=1S/C11H17NOS/c1-8(7-12(3)4)11(13)10-6-5-9(2)14-10/h5-6,8H,7H2,1-4H3/t8-/m0/s1. The van der Waals surface area contributed by atoms with Gasteiger partial charge in [0.05, 0.1) is 4.88 Å². The number of rotatable bonds is 4. The first-order chi connectivity index (χ1) is 6.50. The number of ketones is 1. The van der Waals surface area contributed by atoms with Crippen LogP contribution in [-0.4, -0.2) is 31.3 Å². The maximum atomic E-state index is 11.9. The van der Waals surface area contributed by atoms with Gasteiger partial charge in [0.1, 0.15) is 0 Å². The van der Waals surface area contributed by atoms with Crippen LogP contribution in [0.3, 0.4) is 0 Å². The smallest absolute Gasteiger partial charge is 0.176 e. The molecule has 0 radical (unpaired) electrons. The lowest BCUT2D eigenvalue weighted by atomic mass is 10.1. The molecule has 3 heteroatoms. The van der Waals surface area contributed by atoms with Gasteiger partial charge in [0.2, 0.25) is 0 Å². The van der Waals surface area contributed by atoms with Crippen molar-refractivity contribution in [2.45, 2.75) is 13.8 Å². The average molecular weight is 211 g/mol. The van der Waals surface area contributed by atoms with E-state index in [1.807, 2.05) is 45.0 Å². The van der Waals surface area contributed by atoms with Crippen LogP contribution in [0, 0.1) is 12.8 Å². The van der Waals surface area contributed by atoms with E-state index in [9.17, 15) is 4.79 Å². The topological polar surface area (TPSA) is 20.3 Å². The molecule has 2 nitrogen and oxygen atoms in total. The summed E-state index contributed by atoms with van der Waals surface area (Å²) in [5, 5.41) is 0. The molecule has 78 valence electrons. The van der Waals surface area contributed by atoms with Crippen molar-refractivity contribution in [3.63, 3.8) is 0 Å². The summed E-state index contributed by atoms with van der Waals surface area (Å²) < 4.78 is 0. The van der Waals surface area contributed by atoms with Gasteiger partial charge >= 0.3 is 0 Å². The van der Waals surface area contributed by atoms with Gasteiger partial charge in [-0.15, -0.1) is 11.3 Å². The molecule has 0 saturated carbocycles. The summed E-state index contributed by atoms with van der Waals surface area (Å²) in [6, 6.07) is 3.93. The highest BCUT2D eigenvalue weighted by Gasteiger charge is 2.16. The van der Waals surface area contributed by atoms with Crippen LogP contribution in [0.4, 0.5) is 0 Å². The molecule has 0 bridgehead atoms. The molecule has 1 heterocycles. The highest BCUT2D eigenvalue weighted by Crippen LogP contribution is 2.19. The van der Waals surface area contributed by atoms with E-state index in [4.69, 9.17) is 0 Å². The summed E-state index contributed by atoms with van der Waals surface area (Å²) in [5.41, 5.74) is 0. The molecule has 1 aromatic rings. The Hall–Kier alpha value is -0.670. The second-order valence-corrected chi connectivity index (χ2v) is 5.23. The second-order valence-electron chi connectivity index (χ2n) is 3.94. The van der Waals surface area contributed by atoms with E-state index in [2.05, 4.69) is 0 Å². The van der Waals surface area contributed by atoms with Crippen LogP contribution in [0.5, 0.6) is 0 Å². The van der Waals surface area contributed by atoms with Crippen molar-refractivity contribution >= 4 is 17.1 Å². The average Bonchev–Trinajstić information content (AvgIpc) is 2.49. The number of carbonyl (C=O) groups excluding carboxylic acids is 1. The zero-order chi connectivity index (χ0) is 10.7. The Morgan fingerprint density at radius 1 is 1.50 bits per heavy atom. The van der Waals surface area contributed by atoms with Crippen LogP contribution in [-0.2, 0) is 0 Å². The minimum atomic E-state index is 0.0862.